The number of aromatic carboxylic acids is 1. The van der Waals surface area contributed by atoms with E-state index in [1.54, 1.807) is 61.5 Å². The molecule has 8 nitrogen and oxygen atoms in total. The normalized spacial score (nSPS) is 15.0. The van der Waals surface area contributed by atoms with Crippen molar-refractivity contribution < 1.29 is 34.1 Å². The van der Waals surface area contributed by atoms with Gasteiger partial charge in [-0.25, -0.2) is 14.6 Å². The fraction of sp³-hybridized carbons (Fsp3) is 0.103. The monoisotopic (exact) mass is 597 g/mol. The molecule has 3 aromatic rings. The predicted molar refractivity (Wildman–Crippen MR) is 154 cm³/mol. The zero-order valence-electron chi connectivity index (χ0n) is 20.9. The number of esters is 1. The zero-order chi connectivity index (χ0) is 28.8. The Balaban J connectivity index is 1.57. The van der Waals surface area contributed by atoms with Crippen molar-refractivity contribution in [2.45, 2.75) is 13.5 Å². The van der Waals surface area contributed by atoms with E-state index in [0.29, 0.717) is 11.3 Å². The van der Waals surface area contributed by atoms with E-state index in [9.17, 15) is 19.5 Å². The van der Waals surface area contributed by atoms with Crippen LogP contribution in [0, 0.1) is 0 Å². The van der Waals surface area contributed by atoms with Gasteiger partial charge < -0.3 is 19.7 Å². The summed E-state index contributed by atoms with van der Waals surface area (Å²) in [6.07, 6.45) is 1.59. The molecule has 3 aromatic carbocycles. The van der Waals surface area contributed by atoms with Crippen LogP contribution in [0.4, 0.5) is 0 Å². The minimum Gasteiger partial charge on any atom is -0.506 e. The van der Waals surface area contributed by atoms with E-state index < -0.39 is 17.8 Å². The first kappa shape index (κ1) is 28.9. The van der Waals surface area contributed by atoms with E-state index in [2.05, 4.69) is 4.99 Å². The third-order valence-electron chi connectivity index (χ3n) is 5.53. The topological polar surface area (TPSA) is 122 Å². The number of carbonyl (C=O) groups is 3. The number of halogens is 2. The van der Waals surface area contributed by atoms with Crippen LogP contribution >= 0.6 is 35.0 Å². The summed E-state index contributed by atoms with van der Waals surface area (Å²) in [5, 5.41) is 20.4. The first-order valence-corrected chi connectivity index (χ1v) is 13.4. The molecule has 0 aromatic heterocycles. The summed E-state index contributed by atoms with van der Waals surface area (Å²) in [5.74, 6) is -2.49. The Labute approximate surface area is 243 Å². The highest BCUT2D eigenvalue weighted by Crippen LogP contribution is 2.40. The molecule has 0 fully saturated rings. The summed E-state index contributed by atoms with van der Waals surface area (Å²) in [6.45, 7) is 1.85. The molecule has 0 bridgehead atoms. The molecule has 1 aliphatic rings. The molecular formula is C29H21Cl2NO7S. The molecule has 0 saturated carbocycles. The zero-order valence-corrected chi connectivity index (χ0v) is 23.2. The van der Waals surface area contributed by atoms with Crippen molar-refractivity contribution in [1.82, 2.24) is 0 Å². The Hall–Kier alpha value is -4.05. The summed E-state index contributed by atoms with van der Waals surface area (Å²) in [5.41, 5.74) is 1.44. The molecule has 204 valence electrons. The average Bonchev–Trinajstić information content (AvgIpc) is 3.22. The van der Waals surface area contributed by atoms with E-state index >= 15 is 0 Å². The number of amides is 1. The van der Waals surface area contributed by atoms with Gasteiger partial charge in [0, 0.05) is 0 Å². The van der Waals surface area contributed by atoms with Gasteiger partial charge in [0.25, 0.3) is 5.91 Å². The van der Waals surface area contributed by atoms with Crippen LogP contribution in [0.2, 0.25) is 10.0 Å². The number of rotatable bonds is 8. The second kappa shape index (κ2) is 12.9. The molecule has 2 N–H and O–H groups in total. The van der Waals surface area contributed by atoms with Crippen molar-refractivity contribution in [1.29, 1.82) is 0 Å². The molecule has 40 heavy (non-hydrogen) atoms. The summed E-state index contributed by atoms with van der Waals surface area (Å²) in [6, 6.07) is 17.6. The van der Waals surface area contributed by atoms with E-state index in [4.69, 9.17) is 37.8 Å². The fourth-order valence-corrected chi connectivity index (χ4v) is 5.03. The molecule has 4 rings (SSSR count). The van der Waals surface area contributed by atoms with Crippen LogP contribution in [0.5, 0.6) is 5.75 Å². The van der Waals surface area contributed by atoms with Gasteiger partial charge in [0.15, 0.2) is 0 Å². The van der Waals surface area contributed by atoms with Gasteiger partial charge >= 0.3 is 11.9 Å². The minimum absolute atomic E-state index is 0.0212. The SMILES string of the molecule is CCOC(=O)C1=C(O)/C(=C/c2ccc(OCc3ccc(C(=O)O)cc3)c(Cl)c2)SC1=NC(=O)c1ccccc1Cl. The molecule has 0 aliphatic carbocycles. The van der Waals surface area contributed by atoms with Crippen LogP contribution in [0.3, 0.4) is 0 Å². The lowest BCUT2D eigenvalue weighted by atomic mass is 10.1. The first-order chi connectivity index (χ1) is 19.2. The molecule has 0 unspecified atom stereocenters. The van der Waals surface area contributed by atoms with E-state index in [0.717, 1.165) is 17.3 Å². The van der Waals surface area contributed by atoms with Crippen LogP contribution in [-0.2, 0) is 16.1 Å². The molecule has 1 amide bonds. The summed E-state index contributed by atoms with van der Waals surface area (Å²) >= 11 is 13.5. The number of hydrogen-bond donors (Lipinski definition) is 2. The number of thioether (sulfide) groups is 1. The molecule has 11 heteroatoms. The van der Waals surface area contributed by atoms with Crippen molar-refractivity contribution in [2.75, 3.05) is 6.61 Å². The number of hydrogen-bond acceptors (Lipinski definition) is 7. The van der Waals surface area contributed by atoms with E-state index in [1.165, 1.54) is 18.2 Å². The number of nitrogens with zero attached hydrogens (tertiary/aromatic N) is 1. The second-order valence-corrected chi connectivity index (χ2v) is 10.1. The molecule has 0 saturated heterocycles. The Morgan fingerprint density at radius 3 is 2.38 bits per heavy atom. The molecule has 0 radical (unpaired) electrons. The summed E-state index contributed by atoms with van der Waals surface area (Å²) < 4.78 is 10.8. The van der Waals surface area contributed by atoms with Gasteiger partial charge in [-0.1, -0.05) is 65.3 Å². The lowest BCUT2D eigenvalue weighted by Gasteiger charge is -2.09. The number of carbonyl (C=O) groups excluding carboxylic acids is 2. The van der Waals surface area contributed by atoms with Gasteiger partial charge in [0.05, 0.1) is 32.7 Å². The number of carboxylic acids is 1. The summed E-state index contributed by atoms with van der Waals surface area (Å²) in [7, 11) is 0. The first-order valence-electron chi connectivity index (χ1n) is 11.8. The minimum atomic E-state index is -1.01. The quantitative estimate of drug-likeness (QED) is 0.267. The van der Waals surface area contributed by atoms with Gasteiger partial charge in [0.2, 0.25) is 0 Å². The number of benzene rings is 3. The highest BCUT2D eigenvalue weighted by molar-refractivity contribution is 8.18. The van der Waals surface area contributed by atoms with Crippen LogP contribution < -0.4 is 4.74 Å². The number of aliphatic hydroxyl groups is 1. The standard InChI is InChI=1S/C29H21Cl2NO7S/c1-2-38-29(37)24-25(33)23(40-27(24)32-26(34)19-5-3-4-6-20(19)30)14-17-9-12-22(21(31)13-17)39-15-16-7-10-18(11-8-16)28(35)36/h3-14,33H,2,15H2,1H3,(H,35,36)/b23-14-,32-27?. The van der Waals surface area contributed by atoms with Gasteiger partial charge in [-0.15, -0.1) is 0 Å². The average molecular weight is 598 g/mol. The van der Waals surface area contributed by atoms with E-state index in [1.807, 2.05) is 0 Å². The molecule has 1 heterocycles. The second-order valence-electron chi connectivity index (χ2n) is 8.24. The maximum atomic E-state index is 12.8. The van der Waals surface area contributed by atoms with Crippen LogP contribution in [-0.4, -0.2) is 39.7 Å². The van der Waals surface area contributed by atoms with E-state index in [-0.39, 0.29) is 55.7 Å². The van der Waals surface area contributed by atoms with Crippen molar-refractivity contribution in [3.8, 4) is 5.75 Å². The summed E-state index contributed by atoms with van der Waals surface area (Å²) in [4.78, 5) is 40.7. The predicted octanol–water partition coefficient (Wildman–Crippen LogP) is 6.97. The highest BCUT2D eigenvalue weighted by Gasteiger charge is 2.34. The smallest absolute Gasteiger partial charge is 0.344 e. The van der Waals surface area contributed by atoms with Gasteiger partial charge in [-0.2, -0.15) is 0 Å². The maximum absolute atomic E-state index is 12.8. The third-order valence-corrected chi connectivity index (χ3v) is 7.17. The number of aliphatic imine (C=N–C) groups is 1. The molecule has 0 atom stereocenters. The number of ether oxygens (including phenoxy) is 2. The molecule has 0 spiro atoms. The van der Waals surface area contributed by atoms with Crippen molar-refractivity contribution >= 4 is 63.9 Å². The van der Waals surface area contributed by atoms with Gasteiger partial charge in [0.1, 0.15) is 28.7 Å². The van der Waals surface area contributed by atoms with Crippen LogP contribution in [0.15, 0.2) is 88.0 Å². The number of aliphatic hydroxyl groups excluding tert-OH is 1. The largest absolute Gasteiger partial charge is 0.506 e. The fourth-order valence-electron chi connectivity index (χ4n) is 3.56. The van der Waals surface area contributed by atoms with Gasteiger partial charge in [-0.05, 0) is 60.5 Å². The highest BCUT2D eigenvalue weighted by atomic mass is 35.5. The Morgan fingerprint density at radius 1 is 1.00 bits per heavy atom. The third kappa shape index (κ3) is 6.74. The Kier molecular flexibility index (Phi) is 9.31. The van der Waals surface area contributed by atoms with Crippen molar-refractivity contribution in [3.05, 3.63) is 115 Å². The lowest BCUT2D eigenvalue weighted by Crippen LogP contribution is -2.14. The molecular weight excluding hydrogens is 577 g/mol. The Bertz CT molecular complexity index is 1580. The van der Waals surface area contributed by atoms with Crippen molar-refractivity contribution in [3.63, 3.8) is 0 Å². The maximum Gasteiger partial charge on any atom is 0.344 e. The van der Waals surface area contributed by atoms with Gasteiger partial charge in [-0.3, -0.25) is 4.79 Å². The van der Waals surface area contributed by atoms with Crippen molar-refractivity contribution in [2.24, 2.45) is 4.99 Å². The molecule has 1 aliphatic heterocycles. The lowest BCUT2D eigenvalue weighted by molar-refractivity contribution is -0.138. The van der Waals surface area contributed by atoms with Crippen LogP contribution in [0.1, 0.15) is 38.8 Å². The van der Waals surface area contributed by atoms with Crippen LogP contribution in [0.25, 0.3) is 6.08 Å². The number of carboxylic acid groups (broad SMARTS) is 1. The Morgan fingerprint density at radius 2 is 1.73 bits per heavy atom.